The number of amides is 1. The summed E-state index contributed by atoms with van der Waals surface area (Å²) >= 11 is 1.37. The highest BCUT2D eigenvalue weighted by atomic mass is 32.1. The van der Waals surface area contributed by atoms with Crippen LogP contribution < -0.4 is 0 Å². The molecule has 0 aliphatic carbocycles. The highest BCUT2D eigenvalue weighted by Crippen LogP contribution is 2.36. The maximum atomic E-state index is 13.8. The number of piperidine rings is 1. The average molecular weight is 348 g/mol. The van der Waals surface area contributed by atoms with E-state index in [1.165, 1.54) is 17.4 Å². The van der Waals surface area contributed by atoms with Gasteiger partial charge in [-0.15, -0.1) is 11.3 Å². The van der Waals surface area contributed by atoms with Crippen LogP contribution in [0.3, 0.4) is 0 Å². The minimum absolute atomic E-state index is 0.109. The Bertz CT molecular complexity index is 735. The van der Waals surface area contributed by atoms with Gasteiger partial charge in [-0.2, -0.15) is 0 Å². The van der Waals surface area contributed by atoms with Crippen LogP contribution in [0.2, 0.25) is 0 Å². The normalized spacial score (nSPS) is 21.0. The van der Waals surface area contributed by atoms with Gasteiger partial charge in [-0.1, -0.05) is 18.2 Å². The van der Waals surface area contributed by atoms with Gasteiger partial charge in [0.2, 0.25) is 5.91 Å². The van der Waals surface area contributed by atoms with Crippen molar-refractivity contribution in [2.24, 2.45) is 5.92 Å². The molecule has 1 saturated heterocycles. The van der Waals surface area contributed by atoms with Crippen molar-refractivity contribution in [3.8, 4) is 0 Å². The second kappa shape index (κ2) is 7.09. The fraction of sp³-hybridized carbons (Fsp3) is 0.353. The van der Waals surface area contributed by atoms with Crippen LogP contribution in [-0.2, 0) is 16.0 Å². The molecule has 0 bridgehead atoms. The molecule has 1 fully saturated rings. The van der Waals surface area contributed by atoms with Crippen LogP contribution in [0.5, 0.6) is 0 Å². The fourth-order valence-corrected chi connectivity index (χ4v) is 3.73. The molecular weight excluding hydrogens is 331 g/mol. The van der Waals surface area contributed by atoms with E-state index in [-0.39, 0.29) is 24.7 Å². The number of hydrogen-bond donors (Lipinski definition) is 1. The zero-order valence-electron chi connectivity index (χ0n) is 12.9. The molecule has 2 heterocycles. The van der Waals surface area contributed by atoms with Crippen molar-refractivity contribution in [2.45, 2.75) is 25.3 Å². The van der Waals surface area contributed by atoms with Crippen molar-refractivity contribution in [1.29, 1.82) is 0 Å². The summed E-state index contributed by atoms with van der Waals surface area (Å²) in [7, 11) is 0. The Morgan fingerprint density at radius 2 is 2.21 bits per heavy atom. The number of aromatic nitrogens is 1. The van der Waals surface area contributed by atoms with Crippen molar-refractivity contribution in [1.82, 2.24) is 9.88 Å². The van der Waals surface area contributed by atoms with E-state index in [9.17, 15) is 19.1 Å². The first-order chi connectivity index (χ1) is 11.6. The number of nitrogens with zero attached hydrogens (tertiary/aromatic N) is 2. The van der Waals surface area contributed by atoms with Gasteiger partial charge in [0.15, 0.2) is 0 Å². The lowest BCUT2D eigenvalue weighted by Crippen LogP contribution is -2.46. The second-order valence-electron chi connectivity index (χ2n) is 5.77. The molecule has 1 N–H and O–H groups in total. The van der Waals surface area contributed by atoms with Crippen LogP contribution in [-0.4, -0.2) is 33.4 Å². The monoisotopic (exact) mass is 348 g/mol. The SMILES string of the molecule is O=C(O)[C@@H]1CCC(=O)N(CCc2ccccc2F)[C@@H]1c1cscn1. The first-order valence-corrected chi connectivity index (χ1v) is 8.66. The number of halogens is 1. The van der Waals surface area contributed by atoms with Gasteiger partial charge in [-0.05, 0) is 24.5 Å². The summed E-state index contributed by atoms with van der Waals surface area (Å²) in [6, 6.07) is 5.82. The van der Waals surface area contributed by atoms with E-state index in [4.69, 9.17) is 0 Å². The molecule has 1 aliphatic heterocycles. The number of likely N-dealkylation sites (tertiary alicyclic amines) is 1. The minimum Gasteiger partial charge on any atom is -0.481 e. The smallest absolute Gasteiger partial charge is 0.309 e. The molecule has 0 saturated carbocycles. The number of benzene rings is 1. The number of carboxylic acids is 1. The number of thiazole rings is 1. The maximum Gasteiger partial charge on any atom is 0.309 e. The summed E-state index contributed by atoms with van der Waals surface area (Å²) in [5.74, 6) is -2.05. The summed E-state index contributed by atoms with van der Waals surface area (Å²) < 4.78 is 13.8. The van der Waals surface area contributed by atoms with Gasteiger partial charge in [-0.25, -0.2) is 9.37 Å². The molecule has 3 rings (SSSR count). The van der Waals surface area contributed by atoms with Crippen molar-refractivity contribution in [3.63, 3.8) is 0 Å². The van der Waals surface area contributed by atoms with Gasteiger partial charge < -0.3 is 10.0 Å². The number of carbonyl (C=O) groups excluding carboxylic acids is 1. The minimum atomic E-state index is -0.934. The predicted octanol–water partition coefficient (Wildman–Crippen LogP) is 2.89. The highest BCUT2D eigenvalue weighted by molar-refractivity contribution is 7.07. The number of carbonyl (C=O) groups is 2. The quantitative estimate of drug-likeness (QED) is 0.902. The van der Waals surface area contributed by atoms with Gasteiger partial charge in [0.25, 0.3) is 0 Å². The Kier molecular flexibility index (Phi) is 4.89. The lowest BCUT2D eigenvalue weighted by atomic mass is 9.86. The zero-order chi connectivity index (χ0) is 17.1. The number of rotatable bonds is 5. The summed E-state index contributed by atoms with van der Waals surface area (Å²) in [6.07, 6.45) is 0.826. The lowest BCUT2D eigenvalue weighted by molar-refractivity contribution is -0.152. The molecule has 126 valence electrons. The summed E-state index contributed by atoms with van der Waals surface area (Å²) in [4.78, 5) is 29.8. The Hall–Kier alpha value is -2.28. The molecule has 5 nitrogen and oxygen atoms in total. The Labute approximate surface area is 142 Å². The van der Waals surface area contributed by atoms with Crippen LogP contribution in [0.4, 0.5) is 4.39 Å². The molecule has 0 unspecified atom stereocenters. The van der Waals surface area contributed by atoms with Crippen molar-refractivity contribution >= 4 is 23.2 Å². The van der Waals surface area contributed by atoms with E-state index in [1.807, 2.05) is 0 Å². The van der Waals surface area contributed by atoms with Crippen LogP contribution in [0.15, 0.2) is 35.2 Å². The zero-order valence-corrected chi connectivity index (χ0v) is 13.7. The van der Waals surface area contributed by atoms with Gasteiger partial charge in [0, 0.05) is 18.3 Å². The predicted molar refractivity (Wildman–Crippen MR) is 87.0 cm³/mol. The number of aliphatic carboxylic acids is 1. The molecule has 24 heavy (non-hydrogen) atoms. The number of carboxylic acid groups (broad SMARTS) is 1. The van der Waals surface area contributed by atoms with Gasteiger partial charge >= 0.3 is 5.97 Å². The Morgan fingerprint density at radius 1 is 1.42 bits per heavy atom. The standard InChI is InChI=1S/C17H17FN2O3S/c18-13-4-2-1-3-11(13)7-8-20-15(21)6-5-12(17(22)23)16(20)14-9-24-10-19-14/h1-4,9-10,12,16H,5-8H2,(H,22,23)/t12-,16+/m1/s1. The van der Waals surface area contributed by atoms with Crippen LogP contribution in [0, 0.1) is 11.7 Å². The van der Waals surface area contributed by atoms with Gasteiger partial charge in [0.1, 0.15) is 5.82 Å². The van der Waals surface area contributed by atoms with E-state index in [0.29, 0.717) is 24.1 Å². The Morgan fingerprint density at radius 3 is 2.88 bits per heavy atom. The summed E-state index contributed by atoms with van der Waals surface area (Å²) in [6.45, 7) is 0.270. The molecule has 2 atom stereocenters. The van der Waals surface area contributed by atoms with Crippen molar-refractivity contribution in [3.05, 3.63) is 52.2 Å². The third kappa shape index (κ3) is 3.31. The van der Waals surface area contributed by atoms with Gasteiger partial charge in [0.05, 0.1) is 23.2 Å². The topological polar surface area (TPSA) is 70.5 Å². The van der Waals surface area contributed by atoms with Crippen molar-refractivity contribution in [2.75, 3.05) is 6.54 Å². The lowest BCUT2D eigenvalue weighted by Gasteiger charge is -2.38. The molecule has 2 aromatic rings. The third-order valence-electron chi connectivity index (χ3n) is 4.36. The van der Waals surface area contributed by atoms with Gasteiger partial charge in [-0.3, -0.25) is 9.59 Å². The maximum absolute atomic E-state index is 13.8. The molecule has 1 aromatic carbocycles. The fourth-order valence-electron chi connectivity index (χ4n) is 3.15. The van der Waals surface area contributed by atoms with Crippen LogP contribution in [0.1, 0.15) is 30.1 Å². The van der Waals surface area contributed by atoms with Crippen LogP contribution >= 0.6 is 11.3 Å². The molecule has 7 heteroatoms. The molecular formula is C17H17FN2O3S. The van der Waals surface area contributed by atoms with Crippen LogP contribution in [0.25, 0.3) is 0 Å². The number of hydrogen-bond acceptors (Lipinski definition) is 4. The average Bonchev–Trinajstić information content (AvgIpc) is 3.08. The van der Waals surface area contributed by atoms with E-state index < -0.39 is 17.9 Å². The third-order valence-corrected chi connectivity index (χ3v) is 4.96. The van der Waals surface area contributed by atoms with E-state index in [1.54, 1.807) is 34.0 Å². The molecule has 0 spiro atoms. The summed E-state index contributed by atoms with van der Waals surface area (Å²) in [5, 5.41) is 11.3. The second-order valence-corrected chi connectivity index (χ2v) is 6.49. The largest absolute Gasteiger partial charge is 0.481 e. The Balaban J connectivity index is 1.85. The van der Waals surface area contributed by atoms with E-state index in [2.05, 4.69) is 4.98 Å². The van der Waals surface area contributed by atoms with Crippen molar-refractivity contribution < 1.29 is 19.1 Å². The first kappa shape index (κ1) is 16.6. The molecule has 1 amide bonds. The summed E-state index contributed by atoms with van der Waals surface area (Å²) in [5.41, 5.74) is 2.73. The molecule has 1 aliphatic rings. The highest BCUT2D eigenvalue weighted by Gasteiger charge is 2.41. The van der Waals surface area contributed by atoms with E-state index >= 15 is 0 Å². The van der Waals surface area contributed by atoms with E-state index in [0.717, 1.165) is 0 Å². The molecule has 1 aromatic heterocycles. The molecule has 0 radical (unpaired) electrons. The first-order valence-electron chi connectivity index (χ1n) is 7.71.